The predicted octanol–water partition coefficient (Wildman–Crippen LogP) is 2.81. The van der Waals surface area contributed by atoms with Crippen LogP contribution in [0.1, 0.15) is 24.9 Å². The fourth-order valence-electron chi connectivity index (χ4n) is 2.16. The van der Waals surface area contributed by atoms with E-state index in [4.69, 9.17) is 9.47 Å². The Balaban J connectivity index is 1.72. The van der Waals surface area contributed by atoms with Crippen molar-refractivity contribution in [3.8, 4) is 11.6 Å². The van der Waals surface area contributed by atoms with Crippen molar-refractivity contribution < 1.29 is 9.47 Å². The van der Waals surface area contributed by atoms with Crippen molar-refractivity contribution >= 4 is 5.82 Å². The van der Waals surface area contributed by atoms with Gasteiger partial charge in [0.15, 0.2) is 0 Å². The third kappa shape index (κ3) is 2.66. The van der Waals surface area contributed by atoms with Crippen molar-refractivity contribution in [2.75, 3.05) is 18.5 Å². The third-order valence-corrected chi connectivity index (χ3v) is 3.12. The minimum Gasteiger partial charge on any atom is -0.491 e. The van der Waals surface area contributed by atoms with Crippen LogP contribution >= 0.6 is 0 Å². The van der Waals surface area contributed by atoms with Crippen LogP contribution in [0, 0.1) is 0 Å². The van der Waals surface area contributed by atoms with Crippen molar-refractivity contribution in [3.63, 3.8) is 0 Å². The number of para-hydroxylation sites is 1. The molecule has 3 rings (SSSR count). The molecule has 0 radical (unpaired) electrons. The van der Waals surface area contributed by atoms with Gasteiger partial charge in [0.05, 0.1) is 12.6 Å². The Morgan fingerprint density at radius 3 is 3.15 bits per heavy atom. The van der Waals surface area contributed by atoms with Crippen LogP contribution in [0.5, 0.6) is 11.6 Å². The maximum atomic E-state index is 5.64. The zero-order valence-electron chi connectivity index (χ0n) is 11.4. The Morgan fingerprint density at radius 2 is 2.25 bits per heavy atom. The molecule has 0 saturated carbocycles. The number of hydrogen-bond donors (Lipinski definition) is 1. The maximum absolute atomic E-state index is 5.64. The third-order valence-electron chi connectivity index (χ3n) is 3.12. The molecule has 1 aliphatic heterocycles. The van der Waals surface area contributed by atoms with Gasteiger partial charge < -0.3 is 14.8 Å². The summed E-state index contributed by atoms with van der Waals surface area (Å²) >= 11 is 0. The van der Waals surface area contributed by atoms with Crippen molar-refractivity contribution in [2.45, 2.75) is 19.4 Å². The number of anilines is 1. The van der Waals surface area contributed by atoms with Crippen LogP contribution in [-0.2, 0) is 0 Å². The average molecular weight is 271 g/mol. The van der Waals surface area contributed by atoms with Crippen molar-refractivity contribution in [3.05, 3.63) is 42.2 Å². The highest BCUT2D eigenvalue weighted by atomic mass is 16.5. The summed E-state index contributed by atoms with van der Waals surface area (Å²) in [5.41, 5.74) is 1.15. The van der Waals surface area contributed by atoms with Gasteiger partial charge in [0.1, 0.15) is 24.5 Å². The number of benzene rings is 1. The number of hydrogen-bond acceptors (Lipinski definition) is 5. The van der Waals surface area contributed by atoms with E-state index in [1.54, 1.807) is 0 Å². The van der Waals surface area contributed by atoms with Crippen LogP contribution < -0.4 is 14.8 Å². The van der Waals surface area contributed by atoms with Crippen LogP contribution in [0.25, 0.3) is 0 Å². The minimum absolute atomic E-state index is 0.111. The van der Waals surface area contributed by atoms with Gasteiger partial charge in [0.2, 0.25) is 5.88 Å². The zero-order valence-corrected chi connectivity index (χ0v) is 11.4. The normalized spacial score (nSPS) is 16.4. The van der Waals surface area contributed by atoms with E-state index in [1.165, 1.54) is 6.33 Å². The molecule has 0 fully saturated rings. The molecule has 0 aliphatic carbocycles. The molecule has 0 spiro atoms. The second kappa shape index (κ2) is 5.77. The molecule has 1 aromatic heterocycles. The Kier molecular flexibility index (Phi) is 3.67. The molecule has 1 N–H and O–H groups in total. The molecule has 0 amide bonds. The molecule has 0 saturated heterocycles. The van der Waals surface area contributed by atoms with Crippen LogP contribution in [0.15, 0.2) is 36.7 Å². The van der Waals surface area contributed by atoms with Crippen LogP contribution in [-0.4, -0.2) is 23.2 Å². The van der Waals surface area contributed by atoms with Gasteiger partial charge in [-0.05, 0) is 12.5 Å². The highest BCUT2D eigenvalue weighted by molar-refractivity contribution is 5.46. The van der Waals surface area contributed by atoms with Crippen LogP contribution in [0.4, 0.5) is 5.82 Å². The molecule has 104 valence electrons. The summed E-state index contributed by atoms with van der Waals surface area (Å²) in [7, 11) is 0. The molecule has 5 nitrogen and oxygen atoms in total. The first-order chi connectivity index (χ1) is 9.86. The van der Waals surface area contributed by atoms with E-state index in [2.05, 4.69) is 28.3 Å². The van der Waals surface area contributed by atoms with Crippen LogP contribution in [0.2, 0.25) is 0 Å². The van der Waals surface area contributed by atoms with Crippen molar-refractivity contribution in [1.82, 2.24) is 9.97 Å². The lowest BCUT2D eigenvalue weighted by Gasteiger charge is -2.12. The average Bonchev–Trinajstić information content (AvgIpc) is 2.89. The van der Waals surface area contributed by atoms with Gasteiger partial charge in [-0.25, -0.2) is 9.97 Å². The largest absolute Gasteiger partial charge is 0.491 e. The number of aromatic nitrogens is 2. The van der Waals surface area contributed by atoms with Crippen molar-refractivity contribution in [2.24, 2.45) is 0 Å². The van der Waals surface area contributed by atoms with Gasteiger partial charge >= 0.3 is 0 Å². The molecule has 1 unspecified atom stereocenters. The highest BCUT2D eigenvalue weighted by Crippen LogP contribution is 2.33. The summed E-state index contributed by atoms with van der Waals surface area (Å²) < 4.78 is 11.1. The van der Waals surface area contributed by atoms with Gasteiger partial charge in [-0.15, -0.1) is 0 Å². The lowest BCUT2D eigenvalue weighted by molar-refractivity contribution is 0.304. The van der Waals surface area contributed by atoms with E-state index in [1.807, 2.05) is 24.3 Å². The summed E-state index contributed by atoms with van der Waals surface area (Å²) in [6.07, 6.45) is 2.46. The van der Waals surface area contributed by atoms with E-state index in [9.17, 15) is 0 Å². The quantitative estimate of drug-likeness (QED) is 0.906. The van der Waals surface area contributed by atoms with Crippen molar-refractivity contribution in [1.29, 1.82) is 0 Å². The Morgan fingerprint density at radius 1 is 1.35 bits per heavy atom. The first-order valence-electron chi connectivity index (χ1n) is 6.80. The highest BCUT2D eigenvalue weighted by Gasteiger charge is 2.23. The molecule has 1 aromatic carbocycles. The molecule has 0 bridgehead atoms. The van der Waals surface area contributed by atoms with E-state index in [0.717, 1.165) is 23.6 Å². The number of nitrogens with zero attached hydrogens (tertiary/aromatic N) is 2. The van der Waals surface area contributed by atoms with Gasteiger partial charge in [0, 0.05) is 11.6 Å². The number of rotatable bonds is 5. The van der Waals surface area contributed by atoms with Gasteiger partial charge in [-0.3, -0.25) is 0 Å². The molecule has 20 heavy (non-hydrogen) atoms. The first-order valence-corrected chi connectivity index (χ1v) is 6.80. The van der Waals surface area contributed by atoms with Gasteiger partial charge in [-0.2, -0.15) is 0 Å². The van der Waals surface area contributed by atoms with E-state index >= 15 is 0 Å². The summed E-state index contributed by atoms with van der Waals surface area (Å²) in [4.78, 5) is 8.32. The topological polar surface area (TPSA) is 56.3 Å². The monoisotopic (exact) mass is 271 g/mol. The van der Waals surface area contributed by atoms with E-state index in [0.29, 0.717) is 19.1 Å². The number of nitrogens with one attached hydrogen (secondary N) is 1. The Hall–Kier alpha value is -2.30. The maximum Gasteiger partial charge on any atom is 0.218 e. The number of fused-ring (bicyclic) bond motifs is 1. The molecule has 2 heterocycles. The zero-order chi connectivity index (χ0) is 13.8. The standard InChI is InChI=1S/C15H17N3O2/c1-2-7-19-15-8-14(16-10-17-15)18-12-9-20-13-6-4-3-5-11(12)13/h3-6,8,10,12H,2,7,9H2,1H3,(H,16,17,18). The first kappa shape index (κ1) is 12.7. The smallest absolute Gasteiger partial charge is 0.218 e. The van der Waals surface area contributed by atoms with Crippen LogP contribution in [0.3, 0.4) is 0 Å². The lowest BCUT2D eigenvalue weighted by atomic mass is 10.1. The molecular formula is C15H17N3O2. The van der Waals surface area contributed by atoms with E-state index in [-0.39, 0.29) is 6.04 Å². The molecule has 1 aliphatic rings. The summed E-state index contributed by atoms with van der Waals surface area (Å²) in [6.45, 7) is 3.33. The molecule has 2 aromatic rings. The Labute approximate surface area is 118 Å². The Bertz CT molecular complexity index is 589. The second-order valence-electron chi connectivity index (χ2n) is 4.64. The molecule has 5 heteroatoms. The summed E-state index contributed by atoms with van der Waals surface area (Å²) in [5, 5.41) is 3.36. The second-order valence-corrected chi connectivity index (χ2v) is 4.64. The SMILES string of the molecule is CCCOc1cc(NC2COc3ccccc32)ncn1. The van der Waals surface area contributed by atoms with Gasteiger partial charge in [0.25, 0.3) is 0 Å². The fraction of sp³-hybridized carbons (Fsp3) is 0.333. The predicted molar refractivity (Wildman–Crippen MR) is 76.1 cm³/mol. The molecule has 1 atom stereocenters. The lowest BCUT2D eigenvalue weighted by Crippen LogP contribution is -2.13. The number of ether oxygens (including phenoxy) is 2. The summed E-state index contributed by atoms with van der Waals surface area (Å²) in [5.74, 6) is 2.27. The van der Waals surface area contributed by atoms with Gasteiger partial charge in [-0.1, -0.05) is 25.1 Å². The summed E-state index contributed by atoms with van der Waals surface area (Å²) in [6, 6.07) is 9.96. The minimum atomic E-state index is 0.111. The molecular weight excluding hydrogens is 254 g/mol. The van der Waals surface area contributed by atoms with E-state index < -0.39 is 0 Å². The fourth-order valence-corrected chi connectivity index (χ4v) is 2.16.